The fourth-order valence-corrected chi connectivity index (χ4v) is 2.56. The van der Waals surface area contributed by atoms with Crippen molar-refractivity contribution in [2.75, 3.05) is 6.54 Å². The maximum atomic E-state index is 13.2. The van der Waals surface area contributed by atoms with Gasteiger partial charge < -0.3 is 10.1 Å². The molecule has 2 nitrogen and oxygen atoms in total. The van der Waals surface area contributed by atoms with Gasteiger partial charge in [0.05, 0.1) is 4.47 Å². The van der Waals surface area contributed by atoms with E-state index in [0.717, 1.165) is 17.6 Å². The van der Waals surface area contributed by atoms with Gasteiger partial charge in [0.25, 0.3) is 0 Å². The van der Waals surface area contributed by atoms with Gasteiger partial charge in [0, 0.05) is 17.1 Å². The van der Waals surface area contributed by atoms with E-state index >= 15 is 0 Å². The highest BCUT2D eigenvalue weighted by molar-refractivity contribution is 9.10. The summed E-state index contributed by atoms with van der Waals surface area (Å²) in [5.41, 5.74) is 1.79. The van der Waals surface area contributed by atoms with E-state index in [2.05, 4.69) is 28.2 Å². The molecule has 0 amide bonds. The molecule has 0 spiro atoms. The molecular weight excluding hydrogens is 357 g/mol. The van der Waals surface area contributed by atoms with Crippen LogP contribution in [0.1, 0.15) is 18.1 Å². The summed E-state index contributed by atoms with van der Waals surface area (Å²) in [5.74, 6) is 0.383. The summed E-state index contributed by atoms with van der Waals surface area (Å²) in [6.07, 6.45) is 0. The third kappa shape index (κ3) is 4.70. The second-order valence-corrected chi connectivity index (χ2v) is 5.83. The van der Waals surface area contributed by atoms with Crippen LogP contribution >= 0.6 is 27.5 Å². The molecule has 0 radical (unpaired) electrons. The first-order valence-electron chi connectivity index (χ1n) is 6.66. The smallest absolute Gasteiger partial charge is 0.134 e. The zero-order chi connectivity index (χ0) is 15.2. The molecule has 21 heavy (non-hydrogen) atoms. The normalized spacial score (nSPS) is 10.7. The van der Waals surface area contributed by atoms with E-state index in [9.17, 15) is 4.39 Å². The first-order valence-corrected chi connectivity index (χ1v) is 7.83. The summed E-state index contributed by atoms with van der Waals surface area (Å²) >= 11 is 9.50. The van der Waals surface area contributed by atoms with Crippen molar-refractivity contribution in [3.63, 3.8) is 0 Å². The Hall–Kier alpha value is -1.10. The van der Waals surface area contributed by atoms with Crippen LogP contribution in [0.15, 0.2) is 40.9 Å². The number of hydrogen-bond donors (Lipinski definition) is 1. The second-order valence-electron chi connectivity index (χ2n) is 4.57. The minimum atomic E-state index is -0.321. The molecule has 112 valence electrons. The zero-order valence-electron chi connectivity index (χ0n) is 11.6. The highest BCUT2D eigenvalue weighted by atomic mass is 79.9. The Kier molecular flexibility index (Phi) is 6.03. The molecular formula is C16H16BrClFNO. The number of rotatable bonds is 6. The molecule has 0 bridgehead atoms. The molecule has 0 saturated heterocycles. The standard InChI is InChI=1S/C16H16BrClFNO/c1-2-20-9-11-3-6-16(14(17)7-11)21-10-12-8-13(19)4-5-15(12)18/h3-8,20H,2,9-10H2,1H3. The molecule has 0 heterocycles. The maximum absolute atomic E-state index is 13.2. The van der Waals surface area contributed by atoms with Gasteiger partial charge in [-0.2, -0.15) is 0 Å². The van der Waals surface area contributed by atoms with Crippen LogP contribution in [-0.4, -0.2) is 6.54 Å². The summed E-state index contributed by atoms with van der Waals surface area (Å²) in [5, 5.41) is 3.76. The van der Waals surface area contributed by atoms with E-state index in [1.807, 2.05) is 18.2 Å². The summed E-state index contributed by atoms with van der Waals surface area (Å²) in [7, 11) is 0. The lowest BCUT2D eigenvalue weighted by molar-refractivity contribution is 0.303. The molecule has 2 aromatic carbocycles. The Morgan fingerprint density at radius 2 is 2.05 bits per heavy atom. The highest BCUT2D eigenvalue weighted by Gasteiger charge is 2.06. The Labute approximate surface area is 137 Å². The average Bonchev–Trinajstić information content (AvgIpc) is 2.47. The Morgan fingerprint density at radius 3 is 2.76 bits per heavy atom. The van der Waals surface area contributed by atoms with Gasteiger partial charge in [-0.25, -0.2) is 4.39 Å². The Balaban J connectivity index is 2.04. The fourth-order valence-electron chi connectivity index (χ4n) is 1.85. The molecule has 0 unspecified atom stereocenters. The molecule has 0 aliphatic heterocycles. The van der Waals surface area contributed by atoms with E-state index in [-0.39, 0.29) is 12.4 Å². The topological polar surface area (TPSA) is 21.3 Å². The molecule has 1 N–H and O–H groups in total. The maximum Gasteiger partial charge on any atom is 0.134 e. The molecule has 0 aliphatic rings. The van der Waals surface area contributed by atoms with Gasteiger partial charge in [-0.15, -0.1) is 0 Å². The molecule has 0 fully saturated rings. The molecule has 0 atom stereocenters. The largest absolute Gasteiger partial charge is 0.488 e. The van der Waals surface area contributed by atoms with Crippen molar-refractivity contribution in [1.29, 1.82) is 0 Å². The van der Waals surface area contributed by atoms with Crippen LogP contribution in [-0.2, 0) is 13.2 Å². The number of halogens is 3. The van der Waals surface area contributed by atoms with Crippen LogP contribution in [0.4, 0.5) is 4.39 Å². The number of hydrogen-bond acceptors (Lipinski definition) is 2. The number of ether oxygens (including phenoxy) is 1. The molecule has 2 aromatic rings. The van der Waals surface area contributed by atoms with E-state index < -0.39 is 0 Å². The minimum Gasteiger partial charge on any atom is -0.488 e. The van der Waals surface area contributed by atoms with Crippen LogP contribution in [0.3, 0.4) is 0 Å². The summed E-state index contributed by atoms with van der Waals surface area (Å²) in [6, 6.07) is 10.1. The van der Waals surface area contributed by atoms with Crippen molar-refractivity contribution in [2.45, 2.75) is 20.1 Å². The molecule has 2 rings (SSSR count). The van der Waals surface area contributed by atoms with Crippen molar-refractivity contribution in [2.24, 2.45) is 0 Å². The molecule has 5 heteroatoms. The first kappa shape index (κ1) is 16.3. The molecule has 0 aromatic heterocycles. The Bertz CT molecular complexity index is 621. The van der Waals surface area contributed by atoms with Crippen LogP contribution in [0.2, 0.25) is 5.02 Å². The van der Waals surface area contributed by atoms with Crippen molar-refractivity contribution >= 4 is 27.5 Å². The van der Waals surface area contributed by atoms with Gasteiger partial charge in [-0.1, -0.05) is 24.6 Å². The van der Waals surface area contributed by atoms with E-state index in [4.69, 9.17) is 16.3 Å². The van der Waals surface area contributed by atoms with Crippen molar-refractivity contribution in [1.82, 2.24) is 5.32 Å². The van der Waals surface area contributed by atoms with Gasteiger partial charge in [-0.05, 0) is 58.4 Å². The zero-order valence-corrected chi connectivity index (χ0v) is 14.0. The quantitative estimate of drug-likeness (QED) is 0.776. The number of nitrogens with one attached hydrogen (secondary N) is 1. The van der Waals surface area contributed by atoms with Crippen LogP contribution in [0.5, 0.6) is 5.75 Å². The van der Waals surface area contributed by atoms with Gasteiger partial charge >= 0.3 is 0 Å². The van der Waals surface area contributed by atoms with Crippen LogP contribution < -0.4 is 10.1 Å². The summed E-state index contributed by atoms with van der Waals surface area (Å²) in [4.78, 5) is 0. The van der Waals surface area contributed by atoms with E-state index in [1.165, 1.54) is 23.8 Å². The van der Waals surface area contributed by atoms with Crippen molar-refractivity contribution < 1.29 is 9.13 Å². The predicted molar refractivity (Wildman–Crippen MR) is 87.3 cm³/mol. The molecule has 0 saturated carbocycles. The fraction of sp³-hybridized carbons (Fsp3) is 0.250. The van der Waals surface area contributed by atoms with Crippen LogP contribution in [0.25, 0.3) is 0 Å². The van der Waals surface area contributed by atoms with Crippen molar-refractivity contribution in [3.8, 4) is 5.75 Å². The monoisotopic (exact) mass is 371 g/mol. The lowest BCUT2D eigenvalue weighted by atomic mass is 10.2. The highest BCUT2D eigenvalue weighted by Crippen LogP contribution is 2.28. The van der Waals surface area contributed by atoms with Gasteiger partial charge in [0.1, 0.15) is 18.2 Å². The summed E-state index contributed by atoms with van der Waals surface area (Å²) < 4.78 is 19.8. The minimum absolute atomic E-state index is 0.224. The molecule has 0 aliphatic carbocycles. The summed E-state index contributed by atoms with van der Waals surface area (Å²) in [6.45, 7) is 4.02. The SMILES string of the molecule is CCNCc1ccc(OCc2cc(F)ccc2Cl)c(Br)c1. The number of benzene rings is 2. The lowest BCUT2D eigenvalue weighted by Crippen LogP contribution is -2.11. The van der Waals surface area contributed by atoms with Gasteiger partial charge in [0.15, 0.2) is 0 Å². The van der Waals surface area contributed by atoms with Crippen LogP contribution in [0, 0.1) is 5.82 Å². The van der Waals surface area contributed by atoms with Gasteiger partial charge in [-0.3, -0.25) is 0 Å². The Morgan fingerprint density at radius 1 is 1.24 bits per heavy atom. The second kappa shape index (κ2) is 7.78. The van der Waals surface area contributed by atoms with Gasteiger partial charge in [0.2, 0.25) is 0 Å². The first-order chi connectivity index (χ1) is 10.1. The third-order valence-corrected chi connectivity index (χ3v) is 3.95. The predicted octanol–water partition coefficient (Wildman–Crippen LogP) is 4.93. The van der Waals surface area contributed by atoms with Crippen molar-refractivity contribution in [3.05, 3.63) is 62.8 Å². The average molecular weight is 373 g/mol. The third-order valence-electron chi connectivity index (χ3n) is 2.97. The van der Waals surface area contributed by atoms with E-state index in [1.54, 1.807) is 0 Å². The van der Waals surface area contributed by atoms with E-state index in [0.29, 0.717) is 16.3 Å². The lowest BCUT2D eigenvalue weighted by Gasteiger charge is -2.11.